The minimum Gasteiger partial charge on any atom is -1.00 e. The molecular formula is C24H23Cl2Zr. The Balaban J connectivity index is 0.00000121. The fourth-order valence-corrected chi connectivity index (χ4v) is 4.44. The number of benzene rings is 2. The summed E-state index contributed by atoms with van der Waals surface area (Å²) in [5.74, 6) is 0.322. The maximum Gasteiger partial charge on any atom is 3.00 e. The second kappa shape index (κ2) is 9.08. The molecular weight excluding hydrogens is 450 g/mol. The van der Waals surface area contributed by atoms with Gasteiger partial charge < -0.3 is 24.8 Å². The second-order valence-electron chi connectivity index (χ2n) is 7.56. The molecule has 0 saturated carbocycles. The molecule has 0 aromatic heterocycles. The topological polar surface area (TPSA) is 0 Å². The van der Waals surface area contributed by atoms with Crippen molar-refractivity contribution in [3.8, 4) is 11.1 Å². The molecule has 0 N–H and O–H groups in total. The van der Waals surface area contributed by atoms with Crippen LogP contribution in [0.25, 0.3) is 11.1 Å². The van der Waals surface area contributed by atoms with Crippen molar-refractivity contribution in [2.45, 2.75) is 33.6 Å². The van der Waals surface area contributed by atoms with Crippen LogP contribution >= 0.6 is 0 Å². The Kier molecular flexibility index (Phi) is 8.13. The van der Waals surface area contributed by atoms with Crippen LogP contribution in [0, 0.1) is 11.5 Å². The Labute approximate surface area is 194 Å². The van der Waals surface area contributed by atoms with Crippen LogP contribution in [0.3, 0.4) is 0 Å². The first kappa shape index (κ1) is 24.2. The molecule has 3 heteroatoms. The Morgan fingerprint density at radius 2 is 1.33 bits per heavy atom. The van der Waals surface area contributed by atoms with Crippen molar-refractivity contribution in [1.29, 1.82) is 0 Å². The van der Waals surface area contributed by atoms with E-state index in [1.807, 2.05) is 0 Å². The first-order valence-corrected chi connectivity index (χ1v) is 8.68. The molecule has 0 atom stereocenters. The van der Waals surface area contributed by atoms with Crippen molar-refractivity contribution < 1.29 is 51.0 Å². The molecule has 0 amide bonds. The van der Waals surface area contributed by atoms with Gasteiger partial charge in [0, 0.05) is 0 Å². The smallest absolute Gasteiger partial charge is 1.00 e. The van der Waals surface area contributed by atoms with Gasteiger partial charge in [0.05, 0.1) is 0 Å². The molecule has 2 aromatic carbocycles. The van der Waals surface area contributed by atoms with Crippen LogP contribution in [0.2, 0.25) is 0 Å². The van der Waals surface area contributed by atoms with Gasteiger partial charge in [-0.05, 0) is 28.2 Å². The average Bonchev–Trinajstić information content (AvgIpc) is 2.89. The van der Waals surface area contributed by atoms with Gasteiger partial charge in [-0.2, -0.15) is 23.8 Å². The number of hydrogen-bond donors (Lipinski definition) is 0. The summed E-state index contributed by atoms with van der Waals surface area (Å²) in [6.45, 7) is 9.10. The largest absolute Gasteiger partial charge is 3.00 e. The summed E-state index contributed by atoms with van der Waals surface area (Å²) >= 11 is 0. The zero-order chi connectivity index (χ0) is 16.9. The van der Waals surface area contributed by atoms with E-state index < -0.39 is 0 Å². The van der Waals surface area contributed by atoms with Crippen LogP contribution < -0.4 is 24.8 Å². The van der Waals surface area contributed by atoms with Crippen LogP contribution in [0.4, 0.5) is 0 Å². The normalized spacial score (nSPS) is 16.1. The molecule has 0 spiro atoms. The van der Waals surface area contributed by atoms with E-state index >= 15 is 0 Å². The van der Waals surface area contributed by atoms with Crippen molar-refractivity contribution >= 4 is 0 Å². The van der Waals surface area contributed by atoms with E-state index in [0.717, 1.165) is 0 Å². The summed E-state index contributed by atoms with van der Waals surface area (Å²) in [6.07, 6.45) is 7.79. The summed E-state index contributed by atoms with van der Waals surface area (Å²) in [7, 11) is 0. The van der Waals surface area contributed by atoms with E-state index in [9.17, 15) is 0 Å². The van der Waals surface area contributed by atoms with Crippen LogP contribution in [0.15, 0.2) is 77.4 Å². The zero-order valence-electron chi connectivity index (χ0n) is 16.1. The number of hydrogen-bond acceptors (Lipinski definition) is 0. The molecule has 4 rings (SSSR count). The van der Waals surface area contributed by atoms with Gasteiger partial charge >= 0.3 is 26.2 Å². The maximum atomic E-state index is 3.42. The summed E-state index contributed by atoms with van der Waals surface area (Å²) in [4.78, 5) is 0. The van der Waals surface area contributed by atoms with Crippen molar-refractivity contribution in [1.82, 2.24) is 0 Å². The molecule has 0 nitrogen and oxygen atoms in total. The average molecular weight is 474 g/mol. The van der Waals surface area contributed by atoms with Crippen molar-refractivity contribution in [3.63, 3.8) is 0 Å². The molecule has 27 heavy (non-hydrogen) atoms. The van der Waals surface area contributed by atoms with Crippen LogP contribution in [-0.2, 0) is 26.2 Å². The van der Waals surface area contributed by atoms with Gasteiger partial charge in [0.2, 0.25) is 0 Å². The standard InChI is InChI=1S/C24H23.2ClH.Zr/c1-16(2)21-14-9-15-22(24(21,3)4)23-19-12-7-5-10-17(19)18-11-6-8-13-20(18)23;;;/h5-8,10-15,23H,1-4H3;2*1H;/q-1;;;+3/p-2. The van der Waals surface area contributed by atoms with Gasteiger partial charge in [-0.25, -0.2) is 0 Å². The Morgan fingerprint density at radius 1 is 0.852 bits per heavy atom. The molecule has 0 saturated heterocycles. The summed E-state index contributed by atoms with van der Waals surface area (Å²) in [5.41, 5.74) is 9.83. The van der Waals surface area contributed by atoms with E-state index in [-0.39, 0.29) is 56.4 Å². The van der Waals surface area contributed by atoms with E-state index in [2.05, 4.69) is 94.5 Å². The maximum absolute atomic E-state index is 3.42. The first-order chi connectivity index (χ1) is 11.5. The van der Waals surface area contributed by atoms with Gasteiger partial charge in [-0.1, -0.05) is 81.6 Å². The number of fused-ring (bicyclic) bond motifs is 3. The number of rotatable bonds is 1. The van der Waals surface area contributed by atoms with Gasteiger partial charge in [0.15, 0.2) is 0 Å². The monoisotopic (exact) mass is 471 g/mol. The van der Waals surface area contributed by atoms with Gasteiger partial charge in [0.1, 0.15) is 0 Å². The molecule has 2 aliphatic rings. The second-order valence-corrected chi connectivity index (χ2v) is 7.56. The Bertz CT molecular complexity index is 870. The third-order valence-electron chi connectivity index (χ3n) is 5.54. The predicted molar refractivity (Wildman–Crippen MR) is 102 cm³/mol. The fourth-order valence-electron chi connectivity index (χ4n) is 4.44. The molecule has 0 unspecified atom stereocenters. The predicted octanol–water partition coefficient (Wildman–Crippen LogP) is 0.466. The van der Waals surface area contributed by atoms with Crippen molar-refractivity contribution in [3.05, 3.63) is 94.6 Å². The quantitative estimate of drug-likeness (QED) is 0.529. The molecule has 137 valence electrons. The van der Waals surface area contributed by atoms with Crippen molar-refractivity contribution in [2.75, 3.05) is 0 Å². The molecule has 0 aliphatic heterocycles. The third kappa shape index (κ3) is 3.84. The Hall–Kier alpha value is -0.877. The van der Waals surface area contributed by atoms with E-state index in [4.69, 9.17) is 0 Å². The van der Waals surface area contributed by atoms with E-state index in [1.165, 1.54) is 39.0 Å². The fraction of sp³-hybridized carbons (Fsp3) is 0.250. The molecule has 2 aliphatic carbocycles. The number of halogens is 2. The Morgan fingerprint density at radius 3 is 1.81 bits per heavy atom. The van der Waals surface area contributed by atoms with E-state index in [0.29, 0.717) is 5.92 Å². The van der Waals surface area contributed by atoms with Gasteiger partial charge in [0.25, 0.3) is 0 Å². The number of allylic oxidation sites excluding steroid dienone is 6. The molecule has 0 bridgehead atoms. The molecule has 0 heterocycles. The summed E-state index contributed by atoms with van der Waals surface area (Å²) in [6, 6.07) is 17.7. The van der Waals surface area contributed by atoms with Gasteiger partial charge in [-0.3, -0.25) is 0 Å². The third-order valence-corrected chi connectivity index (χ3v) is 5.54. The van der Waals surface area contributed by atoms with Crippen LogP contribution in [0.5, 0.6) is 0 Å². The molecule has 2 aromatic rings. The summed E-state index contributed by atoms with van der Waals surface area (Å²) in [5, 5.41) is 0. The van der Waals surface area contributed by atoms with E-state index in [1.54, 1.807) is 0 Å². The molecule has 1 radical (unpaired) electrons. The van der Waals surface area contributed by atoms with Crippen LogP contribution in [-0.4, -0.2) is 0 Å². The minimum absolute atomic E-state index is 0. The van der Waals surface area contributed by atoms with Crippen molar-refractivity contribution in [2.24, 2.45) is 5.41 Å². The molecule has 0 fully saturated rings. The zero-order valence-corrected chi connectivity index (χ0v) is 20.1. The first-order valence-electron chi connectivity index (χ1n) is 8.68. The van der Waals surface area contributed by atoms with Gasteiger partial charge in [-0.15, -0.1) is 11.1 Å². The van der Waals surface area contributed by atoms with Crippen LogP contribution in [0.1, 0.15) is 44.7 Å². The minimum atomic E-state index is 0. The summed E-state index contributed by atoms with van der Waals surface area (Å²) < 4.78 is 0. The SMILES string of the molecule is CC(C)=C1C=[C-]C=C(C2c3ccccc3-c3ccccc32)C1(C)C.[Cl-].[Cl-].[Zr+3].